The number of carbonyl (C=O) groups is 1. The first-order valence-corrected chi connectivity index (χ1v) is 11.5. The van der Waals surface area contributed by atoms with Crippen molar-refractivity contribution in [3.8, 4) is 0 Å². The van der Waals surface area contributed by atoms with E-state index in [9.17, 15) is 22.8 Å². The molecule has 14 heteroatoms. The highest BCUT2D eigenvalue weighted by Crippen LogP contribution is 2.31. The van der Waals surface area contributed by atoms with E-state index in [1.165, 1.54) is 26.1 Å². The number of nitrogens with zero attached hydrogens (tertiary/aromatic N) is 6. The number of aromatic amines is 1. The minimum atomic E-state index is -4.66. The molecule has 200 valence electrons. The van der Waals surface area contributed by atoms with Crippen molar-refractivity contribution in [2.45, 2.75) is 24.7 Å². The Kier molecular flexibility index (Phi) is 7.04. The maximum absolute atomic E-state index is 13.2. The largest absolute Gasteiger partial charge is 0.417 e. The molecule has 0 aliphatic carbocycles. The molecule has 37 heavy (non-hydrogen) atoms. The maximum Gasteiger partial charge on any atom is 0.417 e. The average molecular weight is 523 g/mol. The molecule has 2 unspecified atom stereocenters. The van der Waals surface area contributed by atoms with Gasteiger partial charge in [0.2, 0.25) is 0 Å². The van der Waals surface area contributed by atoms with Crippen molar-refractivity contribution in [2.75, 3.05) is 56.5 Å². The number of piperidine rings is 1. The molecule has 2 amide bonds. The van der Waals surface area contributed by atoms with Gasteiger partial charge < -0.3 is 29.3 Å². The molecule has 1 saturated heterocycles. The van der Waals surface area contributed by atoms with Crippen molar-refractivity contribution in [2.24, 2.45) is 7.05 Å². The number of aromatic nitrogens is 4. The van der Waals surface area contributed by atoms with Gasteiger partial charge in [-0.1, -0.05) is 0 Å². The number of anilines is 3. The number of nitrogens with one attached hydrogen (secondary N) is 2. The van der Waals surface area contributed by atoms with Gasteiger partial charge in [-0.2, -0.15) is 18.3 Å². The molecule has 4 heterocycles. The highest BCUT2D eigenvalue weighted by molar-refractivity contribution is 5.90. The zero-order valence-electron chi connectivity index (χ0n) is 21.1. The topological polar surface area (TPSA) is 112 Å². The Morgan fingerprint density at radius 3 is 2.65 bits per heavy atom. The summed E-state index contributed by atoms with van der Waals surface area (Å²) < 4.78 is 46.1. The van der Waals surface area contributed by atoms with Crippen LogP contribution in [0.4, 0.5) is 35.2 Å². The Hall–Kier alpha value is -3.81. The molecule has 1 aliphatic heterocycles. The number of aryl methyl sites for hydroxylation is 1. The van der Waals surface area contributed by atoms with Crippen LogP contribution in [-0.2, 0) is 18.0 Å². The fraction of sp³-hybridized carbons (Fsp3) is 0.478. The SMILES string of the molecule is COC1CN(c2cnc3[nH]nc(N(C)C)c3c2)CCC1N(C)C(=O)Nc1cc(C(F)(F)F)cn(C)c1=O. The highest BCUT2D eigenvalue weighted by atomic mass is 19.4. The number of likely N-dealkylation sites (N-methyl/N-ethyl adjacent to an activating group) is 1. The third kappa shape index (κ3) is 5.19. The molecule has 11 nitrogen and oxygen atoms in total. The number of alkyl halides is 3. The Morgan fingerprint density at radius 1 is 1.27 bits per heavy atom. The van der Waals surface area contributed by atoms with Gasteiger partial charge in [-0.25, -0.2) is 9.78 Å². The Labute approximate surface area is 210 Å². The van der Waals surface area contributed by atoms with E-state index in [0.717, 1.165) is 21.5 Å². The highest BCUT2D eigenvalue weighted by Gasteiger charge is 2.36. The number of carbonyl (C=O) groups excluding carboxylic acids is 1. The van der Waals surface area contributed by atoms with Crippen molar-refractivity contribution < 1.29 is 22.7 Å². The van der Waals surface area contributed by atoms with Gasteiger partial charge in [-0.3, -0.25) is 9.89 Å². The second-order valence-electron chi connectivity index (χ2n) is 9.20. The van der Waals surface area contributed by atoms with E-state index in [1.807, 2.05) is 25.1 Å². The van der Waals surface area contributed by atoms with Crippen LogP contribution in [0.15, 0.2) is 29.3 Å². The molecule has 3 aromatic rings. The van der Waals surface area contributed by atoms with Gasteiger partial charge in [0, 0.05) is 54.6 Å². The van der Waals surface area contributed by atoms with Crippen LogP contribution in [-0.4, -0.2) is 84.2 Å². The van der Waals surface area contributed by atoms with Crippen molar-refractivity contribution in [3.05, 3.63) is 40.4 Å². The van der Waals surface area contributed by atoms with Crippen molar-refractivity contribution in [1.82, 2.24) is 24.6 Å². The van der Waals surface area contributed by atoms with E-state index in [2.05, 4.69) is 25.4 Å². The van der Waals surface area contributed by atoms with Crippen LogP contribution >= 0.6 is 0 Å². The lowest BCUT2D eigenvalue weighted by molar-refractivity contribution is -0.138. The van der Waals surface area contributed by atoms with Crippen LogP contribution in [0.25, 0.3) is 11.0 Å². The number of fused-ring (bicyclic) bond motifs is 1. The molecule has 0 spiro atoms. The lowest BCUT2D eigenvalue weighted by Crippen LogP contribution is -2.56. The van der Waals surface area contributed by atoms with E-state index < -0.39 is 35.1 Å². The molecule has 0 radical (unpaired) electrons. The monoisotopic (exact) mass is 522 g/mol. The summed E-state index contributed by atoms with van der Waals surface area (Å²) in [5.41, 5.74) is -0.681. The number of hydrogen-bond donors (Lipinski definition) is 2. The van der Waals surface area contributed by atoms with E-state index in [0.29, 0.717) is 37.4 Å². The fourth-order valence-corrected chi connectivity index (χ4v) is 4.52. The zero-order valence-corrected chi connectivity index (χ0v) is 21.1. The van der Waals surface area contributed by atoms with Crippen molar-refractivity contribution >= 4 is 34.3 Å². The summed E-state index contributed by atoms with van der Waals surface area (Å²) in [6, 6.07) is 1.56. The first-order valence-electron chi connectivity index (χ1n) is 11.5. The van der Waals surface area contributed by atoms with Gasteiger partial charge in [0.05, 0.1) is 35.0 Å². The van der Waals surface area contributed by atoms with Crippen LogP contribution in [0.3, 0.4) is 0 Å². The first kappa shape index (κ1) is 26.3. The Morgan fingerprint density at radius 2 is 2.00 bits per heavy atom. The maximum atomic E-state index is 13.2. The molecule has 0 aromatic carbocycles. The Bertz CT molecular complexity index is 1350. The number of methoxy groups -OCH3 is 1. The normalized spacial score (nSPS) is 18.2. The van der Waals surface area contributed by atoms with Crippen LogP contribution in [0, 0.1) is 0 Å². The smallest absolute Gasteiger partial charge is 0.377 e. The third-order valence-electron chi connectivity index (χ3n) is 6.57. The number of amides is 2. The van der Waals surface area contributed by atoms with Gasteiger partial charge in [-0.05, 0) is 18.6 Å². The van der Waals surface area contributed by atoms with Gasteiger partial charge in [0.15, 0.2) is 11.5 Å². The lowest BCUT2D eigenvalue weighted by atomic mass is 10.00. The summed E-state index contributed by atoms with van der Waals surface area (Å²) in [7, 11) is 8.06. The average Bonchev–Trinajstić information content (AvgIpc) is 3.28. The number of rotatable bonds is 5. The second kappa shape index (κ2) is 9.92. The molecule has 0 bridgehead atoms. The van der Waals surface area contributed by atoms with Gasteiger partial charge in [-0.15, -0.1) is 0 Å². The summed E-state index contributed by atoms with van der Waals surface area (Å²) in [6.45, 7) is 1.03. The summed E-state index contributed by atoms with van der Waals surface area (Å²) in [5.74, 6) is 0.764. The van der Waals surface area contributed by atoms with Crippen LogP contribution in [0.2, 0.25) is 0 Å². The van der Waals surface area contributed by atoms with E-state index in [1.54, 1.807) is 6.20 Å². The zero-order chi connectivity index (χ0) is 27.1. The minimum absolute atomic E-state index is 0.376. The second-order valence-corrected chi connectivity index (χ2v) is 9.20. The molecule has 4 rings (SSSR count). The first-order chi connectivity index (χ1) is 17.4. The summed E-state index contributed by atoms with van der Waals surface area (Å²) >= 11 is 0. The van der Waals surface area contributed by atoms with E-state index in [4.69, 9.17) is 4.74 Å². The molecule has 2 N–H and O–H groups in total. The fourth-order valence-electron chi connectivity index (χ4n) is 4.52. The molecular weight excluding hydrogens is 493 g/mol. The molecule has 0 saturated carbocycles. The number of pyridine rings is 2. The quantitative estimate of drug-likeness (QED) is 0.530. The van der Waals surface area contributed by atoms with Gasteiger partial charge in [0.1, 0.15) is 5.69 Å². The lowest BCUT2D eigenvalue weighted by Gasteiger charge is -2.42. The molecule has 1 fully saturated rings. The number of urea groups is 1. The summed E-state index contributed by atoms with van der Waals surface area (Å²) in [4.78, 5) is 35.1. The molecule has 2 atom stereocenters. The van der Waals surface area contributed by atoms with Crippen LogP contribution in [0.1, 0.15) is 12.0 Å². The van der Waals surface area contributed by atoms with Crippen molar-refractivity contribution in [1.29, 1.82) is 0 Å². The van der Waals surface area contributed by atoms with E-state index in [-0.39, 0.29) is 6.04 Å². The van der Waals surface area contributed by atoms with Crippen molar-refractivity contribution in [3.63, 3.8) is 0 Å². The van der Waals surface area contributed by atoms with Crippen LogP contribution in [0.5, 0.6) is 0 Å². The number of ether oxygens (including phenoxy) is 1. The predicted octanol–water partition coefficient (Wildman–Crippen LogP) is 2.50. The van der Waals surface area contributed by atoms with Crippen LogP contribution < -0.4 is 20.7 Å². The number of halogens is 3. The van der Waals surface area contributed by atoms with E-state index >= 15 is 0 Å². The number of hydrogen-bond acceptors (Lipinski definition) is 7. The molecule has 1 aliphatic rings. The summed E-state index contributed by atoms with van der Waals surface area (Å²) in [5, 5.41) is 10.4. The molecule has 3 aromatic heterocycles. The third-order valence-corrected chi connectivity index (χ3v) is 6.57. The number of H-pyrrole nitrogens is 1. The minimum Gasteiger partial charge on any atom is -0.377 e. The standard InChI is InChI=1S/C23H29F3N8O3/c1-31(2)20-15-9-14(10-27-19(15)29-30-20)34-7-6-17(18(12-34)37-5)33(4)22(36)28-16-8-13(23(24,25)26)11-32(3)21(16)35/h8-11,17-18H,6-7,12H2,1-5H3,(H,28,36)(H,27,29,30). The molecular formula is C23H29F3N8O3. The Balaban J connectivity index is 1.50. The van der Waals surface area contributed by atoms with Gasteiger partial charge in [0.25, 0.3) is 5.56 Å². The summed E-state index contributed by atoms with van der Waals surface area (Å²) in [6.07, 6.45) is -2.11. The van der Waals surface area contributed by atoms with Gasteiger partial charge >= 0.3 is 12.2 Å². The predicted molar refractivity (Wildman–Crippen MR) is 133 cm³/mol.